The van der Waals surface area contributed by atoms with E-state index >= 15 is 0 Å². The van der Waals surface area contributed by atoms with E-state index in [-0.39, 0.29) is 5.54 Å². The Kier molecular flexibility index (Phi) is 4.45. The number of hydrogen-bond acceptors (Lipinski definition) is 3. The number of H-pyrrole nitrogens is 1. The van der Waals surface area contributed by atoms with Gasteiger partial charge in [-0.15, -0.1) is 5.10 Å². The molecule has 0 amide bonds. The van der Waals surface area contributed by atoms with Gasteiger partial charge in [0.15, 0.2) is 0 Å². The third kappa shape index (κ3) is 4.38. The van der Waals surface area contributed by atoms with E-state index in [1.165, 1.54) is 11.1 Å². The number of benzene rings is 1. The summed E-state index contributed by atoms with van der Waals surface area (Å²) in [5.74, 6) is 0.640. The molecule has 0 bridgehead atoms. The molecule has 1 heterocycles. The van der Waals surface area contributed by atoms with Gasteiger partial charge >= 0.3 is 0 Å². The van der Waals surface area contributed by atoms with Crippen LogP contribution in [0.5, 0.6) is 5.88 Å². The molecule has 2 rings (SSSR count). The fourth-order valence-corrected chi connectivity index (χ4v) is 1.85. The summed E-state index contributed by atoms with van der Waals surface area (Å²) in [7, 11) is 0. The minimum atomic E-state index is 0.104. The van der Waals surface area contributed by atoms with E-state index in [0.717, 1.165) is 12.2 Å². The summed E-state index contributed by atoms with van der Waals surface area (Å²) in [4.78, 5) is 0. The van der Waals surface area contributed by atoms with Crippen LogP contribution in [0, 0.1) is 6.92 Å². The monoisotopic (exact) mass is 273 g/mol. The van der Waals surface area contributed by atoms with Gasteiger partial charge in [0.1, 0.15) is 6.61 Å². The summed E-state index contributed by atoms with van der Waals surface area (Å²) in [6.45, 7) is 9.83. The summed E-state index contributed by atoms with van der Waals surface area (Å²) in [5.41, 5.74) is 3.55. The Labute approximate surface area is 120 Å². The predicted octanol–water partition coefficient (Wildman–Crippen LogP) is 3.19. The molecule has 1 aromatic heterocycles. The van der Waals surface area contributed by atoms with Crippen LogP contribution in [0.25, 0.3) is 0 Å². The molecular weight excluding hydrogens is 250 g/mol. The zero-order valence-corrected chi connectivity index (χ0v) is 12.7. The second kappa shape index (κ2) is 6.09. The maximum Gasteiger partial charge on any atom is 0.233 e. The molecule has 0 aliphatic heterocycles. The molecule has 1 aromatic carbocycles. The fourth-order valence-electron chi connectivity index (χ4n) is 1.85. The van der Waals surface area contributed by atoms with E-state index in [1.54, 1.807) is 0 Å². The zero-order valence-electron chi connectivity index (χ0n) is 12.7. The van der Waals surface area contributed by atoms with Gasteiger partial charge in [0, 0.05) is 23.8 Å². The first kappa shape index (κ1) is 14.6. The zero-order chi connectivity index (χ0) is 14.6. The van der Waals surface area contributed by atoms with E-state index < -0.39 is 0 Å². The first-order valence-corrected chi connectivity index (χ1v) is 6.91. The first-order valence-electron chi connectivity index (χ1n) is 6.91. The van der Waals surface area contributed by atoms with Crippen molar-refractivity contribution < 1.29 is 4.74 Å². The summed E-state index contributed by atoms with van der Waals surface area (Å²) in [5, 5.41) is 10.5. The summed E-state index contributed by atoms with van der Waals surface area (Å²) < 4.78 is 5.72. The normalized spacial score (nSPS) is 11.6. The average Bonchev–Trinajstić information content (AvgIpc) is 2.80. The second-order valence-electron chi connectivity index (χ2n) is 6.05. The lowest BCUT2D eigenvalue weighted by atomic mass is 10.1. The lowest BCUT2D eigenvalue weighted by molar-refractivity contribution is 0.291. The molecule has 0 unspecified atom stereocenters. The number of rotatable bonds is 5. The number of nitrogens with one attached hydrogen (secondary N) is 2. The van der Waals surface area contributed by atoms with E-state index in [1.807, 2.05) is 19.1 Å². The summed E-state index contributed by atoms with van der Waals surface area (Å²) in [6, 6.07) is 10.2. The Morgan fingerprint density at radius 1 is 1.20 bits per heavy atom. The highest BCUT2D eigenvalue weighted by molar-refractivity contribution is 5.27. The molecule has 2 aromatic rings. The van der Waals surface area contributed by atoms with Gasteiger partial charge in [-0.3, -0.25) is 5.10 Å². The molecule has 0 saturated heterocycles. The van der Waals surface area contributed by atoms with Crippen molar-refractivity contribution in [1.29, 1.82) is 0 Å². The number of hydrogen-bond donors (Lipinski definition) is 2. The van der Waals surface area contributed by atoms with Crippen molar-refractivity contribution in [2.24, 2.45) is 0 Å². The van der Waals surface area contributed by atoms with Gasteiger partial charge in [-0.2, -0.15) is 0 Å². The molecule has 0 aliphatic carbocycles. The van der Waals surface area contributed by atoms with Crippen LogP contribution in [0.2, 0.25) is 0 Å². The summed E-state index contributed by atoms with van der Waals surface area (Å²) in [6.07, 6.45) is 0. The predicted molar refractivity (Wildman–Crippen MR) is 80.7 cm³/mol. The van der Waals surface area contributed by atoms with Gasteiger partial charge in [0.05, 0.1) is 0 Å². The average molecular weight is 273 g/mol. The van der Waals surface area contributed by atoms with E-state index in [2.05, 4.69) is 54.5 Å². The third-order valence-electron chi connectivity index (χ3n) is 2.99. The Balaban J connectivity index is 2.00. The number of aromatic nitrogens is 2. The van der Waals surface area contributed by atoms with Crippen LogP contribution in [0.1, 0.15) is 37.6 Å². The van der Waals surface area contributed by atoms with Crippen LogP contribution in [-0.4, -0.2) is 15.7 Å². The first-order chi connectivity index (χ1) is 9.44. The van der Waals surface area contributed by atoms with E-state index in [9.17, 15) is 0 Å². The van der Waals surface area contributed by atoms with Crippen molar-refractivity contribution in [3.05, 3.63) is 47.2 Å². The molecule has 20 heavy (non-hydrogen) atoms. The minimum absolute atomic E-state index is 0.104. The number of aryl methyl sites for hydroxylation is 1. The fraction of sp³-hybridized carbons (Fsp3) is 0.438. The Hall–Kier alpha value is -1.81. The van der Waals surface area contributed by atoms with Gasteiger partial charge in [0.25, 0.3) is 0 Å². The number of ether oxygens (including phenoxy) is 1. The molecule has 2 N–H and O–H groups in total. The van der Waals surface area contributed by atoms with Crippen molar-refractivity contribution in [1.82, 2.24) is 15.5 Å². The van der Waals surface area contributed by atoms with Crippen molar-refractivity contribution in [3.8, 4) is 5.88 Å². The maximum absolute atomic E-state index is 5.72. The smallest absolute Gasteiger partial charge is 0.233 e. The Morgan fingerprint density at radius 2 is 1.90 bits per heavy atom. The largest absolute Gasteiger partial charge is 0.472 e. The van der Waals surface area contributed by atoms with Crippen molar-refractivity contribution in [3.63, 3.8) is 0 Å². The standard InChI is InChI=1S/C16H23N3O/c1-12-9-15(19-18-12)20-11-14-8-6-5-7-13(14)10-17-16(2,3)4/h5-9,17H,10-11H2,1-4H3,(H,18,19). The van der Waals surface area contributed by atoms with Gasteiger partial charge in [-0.25, -0.2) is 0 Å². The molecular formula is C16H23N3O. The van der Waals surface area contributed by atoms with Crippen LogP contribution < -0.4 is 10.1 Å². The van der Waals surface area contributed by atoms with Gasteiger partial charge in [0.2, 0.25) is 5.88 Å². The molecule has 0 spiro atoms. The van der Waals surface area contributed by atoms with Crippen LogP contribution in [0.3, 0.4) is 0 Å². The number of nitrogens with zero attached hydrogens (tertiary/aromatic N) is 1. The molecule has 4 nitrogen and oxygen atoms in total. The second-order valence-corrected chi connectivity index (χ2v) is 6.05. The Bertz CT molecular complexity index is 555. The Morgan fingerprint density at radius 3 is 2.50 bits per heavy atom. The quantitative estimate of drug-likeness (QED) is 0.879. The molecule has 0 fully saturated rings. The van der Waals surface area contributed by atoms with Gasteiger partial charge in [-0.05, 0) is 38.8 Å². The third-order valence-corrected chi connectivity index (χ3v) is 2.99. The lowest BCUT2D eigenvalue weighted by Crippen LogP contribution is -2.35. The molecule has 0 atom stereocenters. The highest BCUT2D eigenvalue weighted by Gasteiger charge is 2.10. The maximum atomic E-state index is 5.72. The van der Waals surface area contributed by atoms with Crippen LogP contribution in [-0.2, 0) is 13.2 Å². The molecule has 0 saturated carbocycles. The minimum Gasteiger partial charge on any atom is -0.472 e. The SMILES string of the molecule is Cc1cc(OCc2ccccc2CNC(C)(C)C)n[nH]1. The van der Waals surface area contributed by atoms with E-state index in [0.29, 0.717) is 12.5 Å². The highest BCUT2D eigenvalue weighted by atomic mass is 16.5. The number of aromatic amines is 1. The lowest BCUT2D eigenvalue weighted by Gasteiger charge is -2.21. The van der Waals surface area contributed by atoms with Crippen LogP contribution in [0.4, 0.5) is 0 Å². The van der Waals surface area contributed by atoms with Crippen molar-refractivity contribution >= 4 is 0 Å². The highest BCUT2D eigenvalue weighted by Crippen LogP contribution is 2.14. The molecule has 4 heteroatoms. The van der Waals surface area contributed by atoms with Crippen molar-refractivity contribution in [2.45, 2.75) is 46.4 Å². The molecule has 0 aliphatic rings. The van der Waals surface area contributed by atoms with Crippen LogP contribution in [0.15, 0.2) is 30.3 Å². The van der Waals surface area contributed by atoms with Gasteiger partial charge in [-0.1, -0.05) is 24.3 Å². The molecule has 108 valence electrons. The topological polar surface area (TPSA) is 49.9 Å². The summed E-state index contributed by atoms with van der Waals surface area (Å²) >= 11 is 0. The van der Waals surface area contributed by atoms with Crippen LogP contribution >= 0.6 is 0 Å². The van der Waals surface area contributed by atoms with E-state index in [4.69, 9.17) is 4.74 Å². The van der Waals surface area contributed by atoms with Gasteiger partial charge < -0.3 is 10.1 Å². The van der Waals surface area contributed by atoms with Crippen molar-refractivity contribution in [2.75, 3.05) is 0 Å². The molecule has 0 radical (unpaired) electrons.